The number of urea groups is 1. The largest absolute Gasteiger partial charge is 0.549 e. The van der Waals surface area contributed by atoms with Crippen molar-refractivity contribution in [3.63, 3.8) is 0 Å². The SMILES string of the molecule is O=C(Nc1ccc(C(F)(F)F)cc1)N1CC2(C(=O)[O-])CCc3cc(Cl)ccc3C2=N1. The van der Waals surface area contributed by atoms with Crippen molar-refractivity contribution in [2.24, 2.45) is 10.5 Å². The molecule has 2 aliphatic rings. The van der Waals surface area contributed by atoms with Crippen LogP contribution in [0.4, 0.5) is 23.7 Å². The van der Waals surface area contributed by atoms with Crippen LogP contribution in [-0.4, -0.2) is 29.3 Å². The maximum Gasteiger partial charge on any atom is 0.416 e. The highest BCUT2D eigenvalue weighted by Gasteiger charge is 2.49. The molecule has 30 heavy (non-hydrogen) atoms. The lowest BCUT2D eigenvalue weighted by Crippen LogP contribution is -2.52. The summed E-state index contributed by atoms with van der Waals surface area (Å²) in [6.45, 7) is -0.237. The zero-order valence-corrected chi connectivity index (χ0v) is 16.0. The Morgan fingerprint density at radius 1 is 1.17 bits per heavy atom. The molecule has 0 fully saturated rings. The summed E-state index contributed by atoms with van der Waals surface area (Å²) in [5.41, 5.74) is -0.569. The molecule has 0 spiro atoms. The lowest BCUT2D eigenvalue weighted by molar-refractivity contribution is -0.315. The summed E-state index contributed by atoms with van der Waals surface area (Å²) < 4.78 is 38.0. The van der Waals surface area contributed by atoms with Gasteiger partial charge >= 0.3 is 12.2 Å². The van der Waals surface area contributed by atoms with Crippen LogP contribution < -0.4 is 10.4 Å². The molecule has 1 unspecified atom stereocenters. The predicted octanol–water partition coefficient (Wildman–Crippen LogP) is 3.29. The second-order valence-electron chi connectivity index (χ2n) is 7.18. The number of amides is 2. The van der Waals surface area contributed by atoms with Crippen molar-refractivity contribution >= 4 is 35.0 Å². The van der Waals surface area contributed by atoms with Crippen LogP contribution in [0.2, 0.25) is 5.02 Å². The molecule has 10 heteroatoms. The number of anilines is 1. The van der Waals surface area contributed by atoms with Crippen molar-refractivity contribution in [2.75, 3.05) is 11.9 Å². The van der Waals surface area contributed by atoms with E-state index in [1.54, 1.807) is 18.2 Å². The van der Waals surface area contributed by atoms with Crippen molar-refractivity contribution in [1.82, 2.24) is 5.01 Å². The number of fused-ring (bicyclic) bond motifs is 3. The summed E-state index contributed by atoms with van der Waals surface area (Å²) in [5.74, 6) is -1.34. The maximum atomic E-state index is 12.7. The normalized spacial score (nSPS) is 20.3. The van der Waals surface area contributed by atoms with Crippen LogP contribution in [0.3, 0.4) is 0 Å². The van der Waals surface area contributed by atoms with Gasteiger partial charge in [0.25, 0.3) is 0 Å². The Hall–Kier alpha value is -3.07. The first-order valence-corrected chi connectivity index (χ1v) is 9.33. The summed E-state index contributed by atoms with van der Waals surface area (Å²) >= 11 is 6.01. The lowest BCUT2D eigenvalue weighted by atomic mass is 9.70. The van der Waals surface area contributed by atoms with Crippen molar-refractivity contribution in [3.05, 3.63) is 64.2 Å². The highest BCUT2D eigenvalue weighted by molar-refractivity contribution is 6.31. The quantitative estimate of drug-likeness (QED) is 0.784. The van der Waals surface area contributed by atoms with E-state index in [0.29, 0.717) is 17.0 Å². The number of aliphatic carboxylic acids is 1. The number of hydrogen-bond donors (Lipinski definition) is 1. The van der Waals surface area contributed by atoms with Gasteiger partial charge in [0, 0.05) is 16.3 Å². The number of carbonyl (C=O) groups excluding carboxylic acids is 2. The van der Waals surface area contributed by atoms with Crippen LogP contribution in [0.25, 0.3) is 0 Å². The van der Waals surface area contributed by atoms with E-state index >= 15 is 0 Å². The van der Waals surface area contributed by atoms with Gasteiger partial charge in [0.15, 0.2) is 0 Å². The molecule has 2 aromatic carbocycles. The number of halogens is 4. The summed E-state index contributed by atoms with van der Waals surface area (Å²) in [7, 11) is 0. The topological polar surface area (TPSA) is 84.8 Å². The highest BCUT2D eigenvalue weighted by Crippen LogP contribution is 2.41. The molecule has 156 valence electrons. The van der Waals surface area contributed by atoms with Gasteiger partial charge in [-0.25, -0.2) is 9.80 Å². The Morgan fingerprint density at radius 3 is 2.50 bits per heavy atom. The van der Waals surface area contributed by atoms with Crippen LogP contribution in [-0.2, 0) is 17.4 Å². The average molecular weight is 437 g/mol. The molecular weight excluding hydrogens is 423 g/mol. The fourth-order valence-corrected chi connectivity index (χ4v) is 3.95. The van der Waals surface area contributed by atoms with Crippen molar-refractivity contribution < 1.29 is 27.9 Å². The fraction of sp³-hybridized carbons (Fsp3) is 0.250. The third-order valence-electron chi connectivity index (χ3n) is 5.33. The molecule has 0 bridgehead atoms. The summed E-state index contributed by atoms with van der Waals surface area (Å²) in [6, 6.07) is 8.15. The van der Waals surface area contributed by atoms with Gasteiger partial charge in [0.1, 0.15) is 0 Å². The van der Waals surface area contributed by atoms with E-state index < -0.39 is 29.2 Å². The number of alkyl halides is 3. The third kappa shape index (κ3) is 3.39. The second kappa shape index (κ2) is 7.02. The van der Waals surface area contributed by atoms with Crippen LogP contribution >= 0.6 is 11.6 Å². The fourth-order valence-electron chi connectivity index (χ4n) is 3.75. The molecule has 1 aliphatic heterocycles. The van der Waals surface area contributed by atoms with E-state index in [-0.39, 0.29) is 24.4 Å². The van der Waals surface area contributed by atoms with Crippen molar-refractivity contribution in [2.45, 2.75) is 19.0 Å². The van der Waals surface area contributed by atoms with E-state index in [0.717, 1.165) is 34.8 Å². The van der Waals surface area contributed by atoms with E-state index in [2.05, 4.69) is 10.4 Å². The maximum absolute atomic E-state index is 12.7. The first-order valence-electron chi connectivity index (χ1n) is 8.95. The first-order chi connectivity index (χ1) is 14.1. The second-order valence-corrected chi connectivity index (χ2v) is 7.62. The van der Waals surface area contributed by atoms with Gasteiger partial charge in [-0.15, -0.1) is 0 Å². The van der Waals surface area contributed by atoms with Crippen LogP contribution in [0.5, 0.6) is 0 Å². The van der Waals surface area contributed by atoms with Crippen LogP contribution in [0.1, 0.15) is 23.1 Å². The molecule has 0 radical (unpaired) electrons. The number of carboxylic acids is 1. The van der Waals surface area contributed by atoms with Crippen LogP contribution in [0, 0.1) is 5.41 Å². The van der Waals surface area contributed by atoms with Crippen molar-refractivity contribution in [3.8, 4) is 0 Å². The average Bonchev–Trinajstić information content (AvgIpc) is 3.09. The first kappa shape index (κ1) is 20.2. The van der Waals surface area contributed by atoms with Crippen LogP contribution in [0.15, 0.2) is 47.6 Å². The Kier molecular flexibility index (Phi) is 4.73. The number of rotatable bonds is 2. The van der Waals surface area contributed by atoms with Gasteiger partial charge in [-0.3, -0.25) is 0 Å². The molecule has 1 heterocycles. The number of aryl methyl sites for hydroxylation is 1. The van der Waals surface area contributed by atoms with E-state index in [4.69, 9.17) is 11.6 Å². The molecule has 1 N–H and O–H groups in total. The van der Waals surface area contributed by atoms with Gasteiger partial charge in [-0.1, -0.05) is 17.7 Å². The minimum atomic E-state index is -4.49. The predicted molar refractivity (Wildman–Crippen MR) is 101 cm³/mol. The molecule has 1 aliphatic carbocycles. The lowest BCUT2D eigenvalue weighted by Gasteiger charge is -2.36. The molecule has 6 nitrogen and oxygen atoms in total. The zero-order valence-electron chi connectivity index (χ0n) is 15.3. The summed E-state index contributed by atoms with van der Waals surface area (Å²) in [6.07, 6.45) is -3.88. The molecule has 2 amide bonds. The monoisotopic (exact) mass is 436 g/mol. The number of hydrazone groups is 1. The molecule has 4 rings (SSSR count). The Morgan fingerprint density at radius 2 is 1.87 bits per heavy atom. The van der Waals surface area contributed by atoms with Crippen molar-refractivity contribution in [1.29, 1.82) is 0 Å². The molecular formula is C20H14ClF3N3O3-. The minimum Gasteiger partial charge on any atom is -0.549 e. The van der Waals surface area contributed by atoms with Gasteiger partial charge in [-0.05, 0) is 54.8 Å². The van der Waals surface area contributed by atoms with Gasteiger partial charge in [-0.2, -0.15) is 18.3 Å². The third-order valence-corrected chi connectivity index (χ3v) is 5.56. The molecule has 2 aromatic rings. The number of benzene rings is 2. The molecule has 0 saturated heterocycles. The number of nitrogens with zero attached hydrogens (tertiary/aromatic N) is 2. The van der Waals surface area contributed by atoms with E-state index in [1.165, 1.54) is 0 Å². The summed E-state index contributed by atoms with van der Waals surface area (Å²) in [5, 5.41) is 20.1. The van der Waals surface area contributed by atoms with Gasteiger partial charge in [0.2, 0.25) is 0 Å². The zero-order chi connectivity index (χ0) is 21.7. The number of carboxylic acid groups (broad SMARTS) is 1. The van der Waals surface area contributed by atoms with Gasteiger partial charge < -0.3 is 15.2 Å². The number of carbonyl (C=O) groups is 2. The number of nitrogens with one attached hydrogen (secondary N) is 1. The number of hydrogen-bond acceptors (Lipinski definition) is 4. The Bertz CT molecular complexity index is 1070. The molecule has 1 atom stereocenters. The minimum absolute atomic E-state index is 0.123. The smallest absolute Gasteiger partial charge is 0.416 e. The Balaban J connectivity index is 1.61. The van der Waals surface area contributed by atoms with E-state index in [1.807, 2.05) is 0 Å². The summed E-state index contributed by atoms with van der Waals surface area (Å²) in [4.78, 5) is 24.6. The highest BCUT2D eigenvalue weighted by atomic mass is 35.5. The molecule has 0 saturated carbocycles. The Labute approximate surface area is 173 Å². The molecule has 0 aromatic heterocycles. The standard InChI is InChI=1S/C20H15ClF3N3O3/c21-13-3-6-15-11(9-13)7-8-19(17(28)29)10-27(26-16(15)19)18(30)25-14-4-1-12(2-5-14)20(22,23)24/h1-6,9H,7-8,10H2,(H,25,30)(H,28,29)/p-1. The van der Waals surface area contributed by atoms with E-state index in [9.17, 15) is 27.9 Å². The van der Waals surface area contributed by atoms with Gasteiger partial charge in [0.05, 0.1) is 29.2 Å².